The highest BCUT2D eigenvalue weighted by Crippen LogP contribution is 2.27. The van der Waals surface area contributed by atoms with Crippen molar-refractivity contribution in [2.45, 2.75) is 58.4 Å². The van der Waals surface area contributed by atoms with Crippen LogP contribution < -0.4 is 28.3 Å². The van der Waals surface area contributed by atoms with Crippen molar-refractivity contribution in [1.82, 2.24) is 48.6 Å². The Labute approximate surface area is 335 Å². The lowest BCUT2D eigenvalue weighted by molar-refractivity contribution is -0.146. The average Bonchev–Trinajstić information content (AvgIpc) is 3.89. The SMILES string of the molecule is CC(=O)OCC(CCn1cnc2cnc(N)nc21)COC(C)=O.Nc1nc2c(ncn2COCCO)c(=O)[nH]1.O=c1[nH]c(=O)n([C@H]2C[C@H](O)[C@@H](CO)O2)cc1/C=C/Br. The number of fused-ring (bicyclic) bond motifs is 2. The maximum absolute atomic E-state index is 11.7. The third-order valence-corrected chi connectivity index (χ3v) is 8.36. The smallest absolute Gasteiger partial charge is 0.330 e. The number of imidazole rings is 2. The largest absolute Gasteiger partial charge is 0.465 e. The number of H-pyrrole nitrogens is 2. The molecule has 9 N–H and O–H groups in total. The molecule has 1 saturated heterocycles. The second kappa shape index (κ2) is 21.6. The van der Waals surface area contributed by atoms with E-state index in [-0.39, 0.29) is 92.6 Å². The number of aliphatic hydroxyl groups is 3. The molecule has 6 heterocycles. The van der Waals surface area contributed by atoms with Crippen LogP contribution in [0.25, 0.3) is 28.4 Å². The normalized spacial score (nSPS) is 16.3. The molecule has 314 valence electrons. The molecule has 0 spiro atoms. The van der Waals surface area contributed by atoms with Crippen LogP contribution in [0.5, 0.6) is 0 Å². The highest BCUT2D eigenvalue weighted by Gasteiger charge is 2.35. The Bertz CT molecular complexity index is 2340. The molecule has 3 atom stereocenters. The number of carbonyl (C=O) groups excluding carboxylic acids is 2. The molecule has 5 aromatic rings. The maximum atomic E-state index is 11.7. The Morgan fingerprint density at radius 1 is 1.02 bits per heavy atom. The average molecular weight is 880 g/mol. The minimum absolute atomic E-state index is 0.0291. The summed E-state index contributed by atoms with van der Waals surface area (Å²) in [7, 11) is 0. The molecule has 58 heavy (non-hydrogen) atoms. The zero-order chi connectivity index (χ0) is 42.4. The lowest BCUT2D eigenvalue weighted by Gasteiger charge is -2.16. The second-order valence-corrected chi connectivity index (χ2v) is 12.9. The molecular formula is C33H43BrN12O12. The van der Waals surface area contributed by atoms with Gasteiger partial charge in [-0.05, 0) is 17.5 Å². The standard InChI is InChI=1S/C14H19N5O4.C11H13BrN2O5.C8H11N5O3/c1-9(20)22-6-11(7-23-10(2)21)3-4-19-8-17-12-5-16-14(15)18-13(12)19;12-2-1-6-4-14(11(18)13-10(6)17)9-3-7(16)8(5-15)19-9;9-8-11-6-5(7(15)12-8)10-3-13(6)4-16-2-1-14/h5,8,11H,3-4,6-7H2,1-2H3,(H2,15,16,18);1-2,4,7-9,15-16H,3,5H2,(H,13,17,18);3,14H,1-2,4H2,(H3,9,11,12,15)/b;2-1+;/t;7-,8+,9+;/m.0./s1. The molecule has 24 nitrogen and oxygen atoms in total. The number of nitrogen functional groups attached to an aromatic ring is 2. The second-order valence-electron chi connectivity index (χ2n) is 12.4. The minimum Gasteiger partial charge on any atom is -0.465 e. The number of hydrogen-bond donors (Lipinski definition) is 7. The Hall–Kier alpha value is -5.86. The number of esters is 2. The Morgan fingerprint density at radius 2 is 1.72 bits per heavy atom. The van der Waals surface area contributed by atoms with Crippen LogP contribution >= 0.6 is 15.9 Å². The number of halogens is 1. The van der Waals surface area contributed by atoms with Crippen LogP contribution in [0.2, 0.25) is 0 Å². The monoisotopic (exact) mass is 878 g/mol. The quantitative estimate of drug-likeness (QED) is 0.0506. The van der Waals surface area contributed by atoms with Crippen LogP contribution in [0.1, 0.15) is 38.5 Å². The van der Waals surface area contributed by atoms with Crippen molar-refractivity contribution in [2.75, 3.05) is 44.5 Å². The van der Waals surface area contributed by atoms with Gasteiger partial charge in [0.1, 0.15) is 24.6 Å². The molecule has 1 aliphatic heterocycles. The fraction of sp³-hybridized carbons (Fsp3) is 0.455. The van der Waals surface area contributed by atoms with Gasteiger partial charge in [0.25, 0.3) is 11.1 Å². The van der Waals surface area contributed by atoms with E-state index in [9.17, 15) is 29.1 Å². The number of aryl methyl sites for hydroxylation is 1. The molecule has 0 saturated carbocycles. The van der Waals surface area contributed by atoms with Crippen LogP contribution in [-0.4, -0.2) is 121 Å². The van der Waals surface area contributed by atoms with Crippen LogP contribution in [0.4, 0.5) is 11.9 Å². The molecule has 1 aliphatic rings. The molecule has 0 aromatic carbocycles. The van der Waals surface area contributed by atoms with Crippen LogP contribution in [0.15, 0.2) is 44.4 Å². The Balaban J connectivity index is 0.000000196. The number of nitrogens with two attached hydrogens (primary N) is 2. The molecule has 5 aromatic heterocycles. The molecule has 25 heteroatoms. The number of carbonyl (C=O) groups is 2. The summed E-state index contributed by atoms with van der Waals surface area (Å²) in [6.45, 7) is 3.59. The van der Waals surface area contributed by atoms with Gasteiger partial charge in [-0.25, -0.2) is 19.7 Å². The van der Waals surface area contributed by atoms with Gasteiger partial charge in [0.05, 0.1) is 63.6 Å². The van der Waals surface area contributed by atoms with Crippen molar-refractivity contribution < 1.29 is 43.9 Å². The van der Waals surface area contributed by atoms with Crippen LogP contribution in [-0.2, 0) is 41.8 Å². The zero-order valence-corrected chi connectivity index (χ0v) is 32.8. The first-order valence-corrected chi connectivity index (χ1v) is 18.3. The van der Waals surface area contributed by atoms with Gasteiger partial charge in [0.2, 0.25) is 11.9 Å². The summed E-state index contributed by atoms with van der Waals surface area (Å²) in [5.74, 6) is -0.644. The number of nitrogens with one attached hydrogen (secondary N) is 2. The van der Waals surface area contributed by atoms with Gasteiger partial charge in [0, 0.05) is 38.9 Å². The van der Waals surface area contributed by atoms with E-state index in [1.807, 2.05) is 4.57 Å². The van der Waals surface area contributed by atoms with E-state index in [0.29, 0.717) is 29.8 Å². The molecular weight excluding hydrogens is 836 g/mol. The summed E-state index contributed by atoms with van der Waals surface area (Å²) in [4.78, 5) is 82.7. The van der Waals surface area contributed by atoms with Crippen molar-refractivity contribution in [3.05, 3.63) is 66.8 Å². The molecule has 0 bridgehead atoms. The lowest BCUT2D eigenvalue weighted by atomic mass is 10.1. The summed E-state index contributed by atoms with van der Waals surface area (Å²) in [5.41, 5.74) is 11.6. The van der Waals surface area contributed by atoms with E-state index in [0.717, 1.165) is 0 Å². The van der Waals surface area contributed by atoms with E-state index in [2.05, 4.69) is 50.8 Å². The number of aromatic nitrogens is 10. The predicted molar refractivity (Wildman–Crippen MR) is 208 cm³/mol. The summed E-state index contributed by atoms with van der Waals surface area (Å²) >= 11 is 3.05. The first-order valence-electron chi connectivity index (χ1n) is 17.4. The van der Waals surface area contributed by atoms with Gasteiger partial charge in [-0.2, -0.15) is 9.97 Å². The van der Waals surface area contributed by atoms with Crippen LogP contribution in [0, 0.1) is 5.92 Å². The Morgan fingerprint density at radius 3 is 2.36 bits per heavy atom. The van der Waals surface area contributed by atoms with Crippen molar-refractivity contribution >= 4 is 68.2 Å². The minimum atomic E-state index is -0.844. The summed E-state index contributed by atoms with van der Waals surface area (Å²) in [6, 6.07) is 0. The number of anilines is 2. The first kappa shape index (κ1) is 44.8. The molecule has 0 aliphatic carbocycles. The third-order valence-electron chi connectivity index (χ3n) is 8.09. The molecule has 0 amide bonds. The topological polar surface area (TPSA) is 346 Å². The Kier molecular flexibility index (Phi) is 16.7. The van der Waals surface area contributed by atoms with Gasteiger partial charge in [0.15, 0.2) is 16.8 Å². The predicted octanol–water partition coefficient (Wildman–Crippen LogP) is -1.25. The summed E-state index contributed by atoms with van der Waals surface area (Å²) in [5, 5.41) is 27.2. The van der Waals surface area contributed by atoms with E-state index < -0.39 is 29.7 Å². The van der Waals surface area contributed by atoms with Crippen molar-refractivity contribution in [2.24, 2.45) is 5.92 Å². The van der Waals surface area contributed by atoms with Gasteiger partial charge in [-0.1, -0.05) is 15.9 Å². The highest BCUT2D eigenvalue weighted by molar-refractivity contribution is 9.11. The number of aromatic amines is 2. The van der Waals surface area contributed by atoms with Gasteiger partial charge in [-0.3, -0.25) is 38.3 Å². The van der Waals surface area contributed by atoms with E-state index in [4.69, 9.17) is 40.6 Å². The van der Waals surface area contributed by atoms with Gasteiger partial charge < -0.3 is 50.3 Å². The zero-order valence-electron chi connectivity index (χ0n) is 31.3. The summed E-state index contributed by atoms with van der Waals surface area (Å²) in [6.07, 6.45) is 6.01. The van der Waals surface area contributed by atoms with Gasteiger partial charge >= 0.3 is 17.6 Å². The van der Waals surface area contributed by atoms with E-state index in [1.165, 1.54) is 46.6 Å². The van der Waals surface area contributed by atoms with Crippen molar-refractivity contribution in [3.8, 4) is 0 Å². The molecule has 6 rings (SSSR count). The van der Waals surface area contributed by atoms with E-state index >= 15 is 0 Å². The molecule has 0 unspecified atom stereocenters. The number of ether oxygens (including phenoxy) is 4. The first-order chi connectivity index (χ1) is 27.7. The maximum Gasteiger partial charge on any atom is 0.330 e. The molecule has 0 radical (unpaired) electrons. The highest BCUT2D eigenvalue weighted by atomic mass is 79.9. The third kappa shape index (κ3) is 12.6. The van der Waals surface area contributed by atoms with Crippen molar-refractivity contribution in [3.63, 3.8) is 0 Å². The van der Waals surface area contributed by atoms with Crippen molar-refractivity contribution in [1.29, 1.82) is 0 Å². The fourth-order valence-electron chi connectivity index (χ4n) is 5.28. The summed E-state index contributed by atoms with van der Waals surface area (Å²) < 4.78 is 25.1. The fourth-order valence-corrected chi connectivity index (χ4v) is 5.57. The number of hydrogen-bond acceptors (Lipinski definition) is 19. The number of aliphatic hydroxyl groups excluding tert-OH is 3. The van der Waals surface area contributed by atoms with Crippen LogP contribution in [0.3, 0.4) is 0 Å². The van der Waals surface area contributed by atoms with E-state index in [1.54, 1.807) is 12.5 Å². The lowest BCUT2D eigenvalue weighted by Crippen LogP contribution is -2.33. The number of nitrogens with zero attached hydrogens (tertiary/aromatic N) is 8. The molecule has 1 fully saturated rings. The number of rotatable bonds is 14. The van der Waals surface area contributed by atoms with Gasteiger partial charge in [-0.15, -0.1) is 0 Å².